The predicted molar refractivity (Wildman–Crippen MR) is 87.7 cm³/mol. The molecule has 1 aliphatic heterocycles. The first-order valence-corrected chi connectivity index (χ1v) is 8.46. The highest BCUT2D eigenvalue weighted by atomic mass is 32.1. The van der Waals surface area contributed by atoms with E-state index in [9.17, 15) is 4.79 Å². The lowest BCUT2D eigenvalue weighted by Crippen LogP contribution is -2.38. The lowest BCUT2D eigenvalue weighted by Gasteiger charge is -2.27. The van der Waals surface area contributed by atoms with Gasteiger partial charge in [-0.05, 0) is 23.6 Å². The molecule has 0 spiro atoms. The smallest absolute Gasteiger partial charge is 0.264 e. The average Bonchev–Trinajstić information content (AvgIpc) is 3.30. The van der Waals surface area contributed by atoms with Crippen molar-refractivity contribution >= 4 is 17.2 Å². The molecule has 7 nitrogen and oxygen atoms in total. The van der Waals surface area contributed by atoms with Crippen LogP contribution in [-0.2, 0) is 19.7 Å². The predicted octanol–water partition coefficient (Wildman–Crippen LogP) is 1.97. The lowest BCUT2D eigenvalue weighted by molar-refractivity contribution is 0.0709. The van der Waals surface area contributed by atoms with E-state index in [1.54, 1.807) is 12.4 Å². The van der Waals surface area contributed by atoms with Crippen molar-refractivity contribution in [3.05, 3.63) is 58.3 Å². The summed E-state index contributed by atoms with van der Waals surface area (Å²) in [6, 6.07) is 7.40. The first kappa shape index (κ1) is 14.8. The van der Waals surface area contributed by atoms with E-state index in [1.807, 2.05) is 39.2 Å². The standard InChI is InChI=1S/C16H15N5O2S/c22-16(15-4-2-8-24-15)20-6-7-21-14(10-20)13(18-19-21)11-23-12-3-1-5-17-9-12/h1-5,8-9H,6-7,10-11H2. The van der Waals surface area contributed by atoms with E-state index < -0.39 is 0 Å². The van der Waals surface area contributed by atoms with Gasteiger partial charge in [-0.25, -0.2) is 4.68 Å². The molecule has 1 amide bonds. The molecule has 122 valence electrons. The molecule has 4 rings (SSSR count). The highest BCUT2D eigenvalue weighted by Crippen LogP contribution is 2.20. The van der Waals surface area contributed by atoms with Gasteiger partial charge in [-0.3, -0.25) is 9.78 Å². The number of thiophene rings is 1. The largest absolute Gasteiger partial charge is 0.486 e. The molecule has 24 heavy (non-hydrogen) atoms. The number of ether oxygens (including phenoxy) is 1. The van der Waals surface area contributed by atoms with Crippen molar-refractivity contribution in [3.8, 4) is 5.75 Å². The zero-order valence-electron chi connectivity index (χ0n) is 12.8. The van der Waals surface area contributed by atoms with Crippen molar-refractivity contribution in [3.63, 3.8) is 0 Å². The minimum absolute atomic E-state index is 0.0524. The first-order chi connectivity index (χ1) is 11.8. The van der Waals surface area contributed by atoms with Crippen molar-refractivity contribution in [1.29, 1.82) is 0 Å². The minimum Gasteiger partial charge on any atom is -0.486 e. The SMILES string of the molecule is O=C(c1cccs1)N1CCn2nnc(COc3cccnc3)c2C1. The normalized spacial score (nSPS) is 13.6. The van der Waals surface area contributed by atoms with Gasteiger partial charge in [0.25, 0.3) is 5.91 Å². The topological polar surface area (TPSA) is 73.1 Å². The maximum Gasteiger partial charge on any atom is 0.264 e. The number of fused-ring (bicyclic) bond motifs is 1. The van der Waals surface area contributed by atoms with Crippen molar-refractivity contribution in [2.45, 2.75) is 19.7 Å². The maximum absolute atomic E-state index is 12.5. The summed E-state index contributed by atoms with van der Waals surface area (Å²) in [5, 5.41) is 10.3. The van der Waals surface area contributed by atoms with E-state index in [-0.39, 0.29) is 5.91 Å². The number of carbonyl (C=O) groups excluding carboxylic acids is 1. The quantitative estimate of drug-likeness (QED) is 0.725. The molecular weight excluding hydrogens is 326 g/mol. The van der Waals surface area contributed by atoms with Crippen LogP contribution in [0.3, 0.4) is 0 Å². The van der Waals surface area contributed by atoms with Crippen LogP contribution in [0.2, 0.25) is 0 Å². The maximum atomic E-state index is 12.5. The summed E-state index contributed by atoms with van der Waals surface area (Å²) in [5.74, 6) is 0.734. The monoisotopic (exact) mass is 341 g/mol. The van der Waals surface area contributed by atoms with Gasteiger partial charge in [0.2, 0.25) is 0 Å². The van der Waals surface area contributed by atoms with E-state index in [4.69, 9.17) is 4.74 Å². The van der Waals surface area contributed by atoms with E-state index in [1.165, 1.54) is 11.3 Å². The molecule has 0 unspecified atom stereocenters. The first-order valence-electron chi connectivity index (χ1n) is 7.58. The average molecular weight is 341 g/mol. The Morgan fingerprint density at radius 1 is 1.29 bits per heavy atom. The zero-order valence-corrected chi connectivity index (χ0v) is 13.6. The summed E-state index contributed by atoms with van der Waals surface area (Å²) >= 11 is 1.46. The van der Waals surface area contributed by atoms with Crippen LogP contribution in [0.5, 0.6) is 5.75 Å². The Balaban J connectivity index is 1.48. The van der Waals surface area contributed by atoms with Crippen LogP contribution in [0, 0.1) is 0 Å². The fraction of sp³-hybridized carbons (Fsp3) is 0.250. The molecule has 0 saturated heterocycles. The Kier molecular flexibility index (Phi) is 3.96. The summed E-state index contributed by atoms with van der Waals surface area (Å²) in [6.45, 7) is 2.08. The van der Waals surface area contributed by atoms with Crippen molar-refractivity contribution in [2.24, 2.45) is 0 Å². The van der Waals surface area contributed by atoms with Crippen molar-refractivity contribution in [1.82, 2.24) is 24.9 Å². The van der Waals surface area contributed by atoms with Crippen LogP contribution in [0.4, 0.5) is 0 Å². The number of carbonyl (C=O) groups is 1. The molecule has 0 radical (unpaired) electrons. The molecule has 1 aliphatic rings. The van der Waals surface area contributed by atoms with Crippen LogP contribution in [0.15, 0.2) is 42.0 Å². The van der Waals surface area contributed by atoms with Gasteiger partial charge in [0, 0.05) is 12.7 Å². The number of amides is 1. The van der Waals surface area contributed by atoms with Gasteiger partial charge in [0.05, 0.1) is 29.9 Å². The molecule has 0 atom stereocenters. The van der Waals surface area contributed by atoms with E-state index >= 15 is 0 Å². The number of nitrogens with zero attached hydrogens (tertiary/aromatic N) is 5. The Hall–Kier alpha value is -2.74. The highest BCUT2D eigenvalue weighted by molar-refractivity contribution is 7.12. The fourth-order valence-corrected chi connectivity index (χ4v) is 3.31. The Bertz CT molecular complexity index is 832. The Labute approximate surface area is 142 Å². The number of hydrogen-bond donors (Lipinski definition) is 0. The molecule has 4 heterocycles. The molecule has 3 aromatic rings. The molecule has 0 aromatic carbocycles. The van der Waals surface area contributed by atoms with Crippen LogP contribution >= 0.6 is 11.3 Å². The summed E-state index contributed by atoms with van der Waals surface area (Å²) in [4.78, 5) is 19.1. The zero-order chi connectivity index (χ0) is 16.4. The van der Waals surface area contributed by atoms with Crippen LogP contribution in [-0.4, -0.2) is 37.3 Å². The molecule has 0 aliphatic carbocycles. The summed E-state index contributed by atoms with van der Waals surface area (Å²) in [7, 11) is 0. The van der Waals surface area contributed by atoms with Crippen molar-refractivity contribution in [2.75, 3.05) is 6.54 Å². The molecule has 0 fully saturated rings. The highest BCUT2D eigenvalue weighted by Gasteiger charge is 2.26. The van der Waals surface area contributed by atoms with Gasteiger partial charge in [-0.1, -0.05) is 11.3 Å². The molecule has 0 N–H and O–H groups in total. The van der Waals surface area contributed by atoms with Gasteiger partial charge < -0.3 is 9.64 Å². The van der Waals surface area contributed by atoms with Crippen molar-refractivity contribution < 1.29 is 9.53 Å². The van der Waals surface area contributed by atoms with Gasteiger partial charge in [-0.2, -0.15) is 0 Å². The van der Waals surface area contributed by atoms with Gasteiger partial charge in [0.1, 0.15) is 18.1 Å². The summed E-state index contributed by atoms with van der Waals surface area (Å²) < 4.78 is 7.55. The third kappa shape index (κ3) is 2.88. The van der Waals surface area contributed by atoms with Gasteiger partial charge >= 0.3 is 0 Å². The molecular formula is C16H15N5O2S. The second-order valence-corrected chi connectivity index (χ2v) is 6.34. The Morgan fingerprint density at radius 2 is 2.25 bits per heavy atom. The van der Waals surface area contributed by atoms with Crippen LogP contribution in [0.25, 0.3) is 0 Å². The number of hydrogen-bond acceptors (Lipinski definition) is 6. The minimum atomic E-state index is 0.0524. The van der Waals surface area contributed by atoms with Crippen LogP contribution in [0.1, 0.15) is 21.1 Å². The molecule has 3 aromatic heterocycles. The molecule has 8 heteroatoms. The number of aromatic nitrogens is 4. The van der Waals surface area contributed by atoms with Gasteiger partial charge in [-0.15, -0.1) is 16.4 Å². The Morgan fingerprint density at radius 3 is 3.04 bits per heavy atom. The lowest BCUT2D eigenvalue weighted by atomic mass is 10.2. The van der Waals surface area contributed by atoms with E-state index in [2.05, 4.69) is 15.3 Å². The fourth-order valence-electron chi connectivity index (χ4n) is 2.62. The second-order valence-electron chi connectivity index (χ2n) is 5.39. The van der Waals surface area contributed by atoms with E-state index in [0.29, 0.717) is 32.0 Å². The second kappa shape index (κ2) is 6.40. The molecule has 0 saturated carbocycles. The third-order valence-corrected chi connectivity index (χ3v) is 4.73. The molecule has 0 bridgehead atoms. The number of rotatable bonds is 4. The van der Waals surface area contributed by atoms with Crippen LogP contribution < -0.4 is 4.74 Å². The summed E-state index contributed by atoms with van der Waals surface area (Å²) in [5.41, 5.74) is 1.68. The third-order valence-electron chi connectivity index (χ3n) is 3.87. The van der Waals surface area contributed by atoms with Gasteiger partial charge in [0.15, 0.2) is 0 Å². The summed E-state index contributed by atoms with van der Waals surface area (Å²) in [6.07, 6.45) is 3.35. The number of pyridine rings is 1. The van der Waals surface area contributed by atoms with E-state index in [0.717, 1.165) is 16.3 Å².